The molecule has 9 heavy (non-hydrogen) atoms. The molecular formula is C4H8FNO2S. The number of halogens is 1. The predicted molar refractivity (Wildman–Crippen MR) is 31.0 cm³/mol. The van der Waals surface area contributed by atoms with Gasteiger partial charge in [-0.2, -0.15) is 8.42 Å². The first-order valence-corrected chi connectivity index (χ1v) is 4.18. The zero-order chi connectivity index (χ0) is 7.12. The van der Waals surface area contributed by atoms with Gasteiger partial charge in [-0.1, -0.05) is 0 Å². The highest BCUT2D eigenvalue weighted by atomic mass is 32.3. The Morgan fingerprint density at radius 3 is 2.11 bits per heavy atom. The molecule has 0 spiro atoms. The molecule has 0 aliphatic heterocycles. The van der Waals surface area contributed by atoms with Gasteiger partial charge in [0, 0.05) is 5.54 Å². The Labute approximate surface area is 53.3 Å². The molecule has 0 bridgehead atoms. The highest BCUT2D eigenvalue weighted by Gasteiger charge is 2.42. The van der Waals surface area contributed by atoms with Crippen molar-refractivity contribution >= 4 is 10.2 Å². The molecule has 2 N–H and O–H groups in total. The second-order valence-electron chi connectivity index (χ2n) is 2.55. The third-order valence-electron chi connectivity index (χ3n) is 1.35. The van der Waals surface area contributed by atoms with E-state index < -0.39 is 21.5 Å². The van der Waals surface area contributed by atoms with Crippen LogP contribution in [0.1, 0.15) is 12.8 Å². The first-order chi connectivity index (χ1) is 3.91. The van der Waals surface area contributed by atoms with Crippen molar-refractivity contribution in [1.82, 2.24) is 0 Å². The second kappa shape index (κ2) is 1.67. The fourth-order valence-corrected chi connectivity index (χ4v) is 1.62. The maximum atomic E-state index is 11.8. The van der Waals surface area contributed by atoms with Crippen molar-refractivity contribution in [2.45, 2.75) is 18.4 Å². The van der Waals surface area contributed by atoms with Crippen molar-refractivity contribution in [3.8, 4) is 0 Å². The topological polar surface area (TPSA) is 60.2 Å². The molecule has 0 heterocycles. The lowest BCUT2D eigenvalue weighted by Crippen LogP contribution is -2.29. The number of nitrogens with two attached hydrogens (primary N) is 1. The molecule has 5 heteroatoms. The zero-order valence-electron chi connectivity index (χ0n) is 4.80. The third kappa shape index (κ3) is 2.28. The van der Waals surface area contributed by atoms with Crippen LogP contribution in [0.15, 0.2) is 0 Å². The Balaban J connectivity index is 2.53. The number of hydrogen-bond donors (Lipinski definition) is 1. The highest BCUT2D eigenvalue weighted by molar-refractivity contribution is 7.86. The van der Waals surface area contributed by atoms with Crippen LogP contribution in [0.25, 0.3) is 0 Å². The van der Waals surface area contributed by atoms with E-state index in [1.165, 1.54) is 0 Å². The quantitative estimate of drug-likeness (QED) is 0.558. The number of rotatable bonds is 2. The summed E-state index contributed by atoms with van der Waals surface area (Å²) in [5.74, 6) is -0.514. The SMILES string of the molecule is NC1(CS(=O)(=O)F)CC1. The van der Waals surface area contributed by atoms with Crippen LogP contribution in [0.3, 0.4) is 0 Å². The Morgan fingerprint density at radius 1 is 1.56 bits per heavy atom. The molecule has 0 aromatic carbocycles. The summed E-state index contributed by atoms with van der Waals surface area (Å²) in [4.78, 5) is 0. The molecule has 1 saturated carbocycles. The van der Waals surface area contributed by atoms with Crippen LogP contribution >= 0.6 is 0 Å². The summed E-state index contributed by atoms with van der Waals surface area (Å²) >= 11 is 0. The van der Waals surface area contributed by atoms with Crippen LogP contribution in [0.2, 0.25) is 0 Å². The third-order valence-corrected chi connectivity index (χ3v) is 2.27. The van der Waals surface area contributed by atoms with E-state index in [4.69, 9.17) is 5.73 Å². The second-order valence-corrected chi connectivity index (χ2v) is 3.91. The summed E-state index contributed by atoms with van der Waals surface area (Å²) in [6, 6.07) is 0. The fourth-order valence-electron chi connectivity index (χ4n) is 0.648. The van der Waals surface area contributed by atoms with E-state index in [0.29, 0.717) is 12.8 Å². The normalized spacial score (nSPS) is 23.8. The lowest BCUT2D eigenvalue weighted by molar-refractivity contribution is 0.541. The van der Waals surface area contributed by atoms with Crippen LogP contribution in [0.5, 0.6) is 0 Å². The molecule has 1 aliphatic carbocycles. The Hall–Kier alpha value is -0.160. The van der Waals surface area contributed by atoms with Gasteiger partial charge in [-0.25, -0.2) is 0 Å². The first kappa shape index (κ1) is 6.95. The Bertz CT molecular complexity index is 207. The predicted octanol–water partition coefficient (Wildman–Crippen LogP) is -0.223. The Morgan fingerprint density at radius 2 is 2.00 bits per heavy atom. The van der Waals surface area contributed by atoms with E-state index in [0.717, 1.165) is 0 Å². The lowest BCUT2D eigenvalue weighted by atomic mass is 10.4. The highest BCUT2D eigenvalue weighted by Crippen LogP contribution is 2.33. The van der Waals surface area contributed by atoms with Crippen LogP contribution in [0.4, 0.5) is 3.89 Å². The lowest BCUT2D eigenvalue weighted by Gasteiger charge is -2.01. The summed E-state index contributed by atoms with van der Waals surface area (Å²) in [6.07, 6.45) is 1.24. The molecule has 0 amide bonds. The van der Waals surface area contributed by atoms with Gasteiger partial charge in [-0.05, 0) is 12.8 Å². The summed E-state index contributed by atoms with van der Waals surface area (Å²) in [5.41, 5.74) is 4.58. The minimum Gasteiger partial charge on any atom is -0.324 e. The molecule has 0 aromatic rings. The zero-order valence-corrected chi connectivity index (χ0v) is 5.62. The van der Waals surface area contributed by atoms with Crippen molar-refractivity contribution in [2.75, 3.05) is 5.75 Å². The van der Waals surface area contributed by atoms with Crippen LogP contribution in [-0.2, 0) is 10.2 Å². The van der Waals surface area contributed by atoms with Crippen molar-refractivity contribution < 1.29 is 12.3 Å². The maximum Gasteiger partial charge on any atom is 0.304 e. The first-order valence-electron chi connectivity index (χ1n) is 2.63. The molecule has 1 aliphatic rings. The molecule has 54 valence electrons. The van der Waals surface area contributed by atoms with Gasteiger partial charge < -0.3 is 5.73 Å². The summed E-state index contributed by atoms with van der Waals surface area (Å²) < 4.78 is 31.7. The van der Waals surface area contributed by atoms with Gasteiger partial charge in [-0.15, -0.1) is 3.89 Å². The van der Waals surface area contributed by atoms with Gasteiger partial charge in [0.15, 0.2) is 0 Å². The molecule has 0 unspecified atom stereocenters. The largest absolute Gasteiger partial charge is 0.324 e. The van der Waals surface area contributed by atoms with Crippen LogP contribution in [-0.4, -0.2) is 19.7 Å². The molecule has 0 aromatic heterocycles. The molecule has 3 nitrogen and oxygen atoms in total. The van der Waals surface area contributed by atoms with Gasteiger partial charge in [0.1, 0.15) is 0 Å². The molecule has 0 radical (unpaired) electrons. The summed E-state index contributed by atoms with van der Waals surface area (Å²) in [5, 5.41) is 0. The molecule has 1 rings (SSSR count). The van der Waals surface area contributed by atoms with E-state index in [2.05, 4.69) is 0 Å². The average Bonchev–Trinajstić information content (AvgIpc) is 2.12. The van der Waals surface area contributed by atoms with Crippen molar-refractivity contribution in [1.29, 1.82) is 0 Å². The van der Waals surface area contributed by atoms with Crippen molar-refractivity contribution in [3.05, 3.63) is 0 Å². The average molecular weight is 153 g/mol. The number of hydrogen-bond acceptors (Lipinski definition) is 3. The van der Waals surface area contributed by atoms with Gasteiger partial charge in [0.05, 0.1) is 5.75 Å². The summed E-state index contributed by atoms with van der Waals surface area (Å²) in [7, 11) is -4.34. The van der Waals surface area contributed by atoms with E-state index >= 15 is 0 Å². The molecule has 1 fully saturated rings. The monoisotopic (exact) mass is 153 g/mol. The molecule has 0 atom stereocenters. The van der Waals surface area contributed by atoms with E-state index in [-0.39, 0.29) is 0 Å². The van der Waals surface area contributed by atoms with Gasteiger partial charge in [0.25, 0.3) is 0 Å². The summed E-state index contributed by atoms with van der Waals surface area (Å²) in [6.45, 7) is 0. The van der Waals surface area contributed by atoms with Gasteiger partial charge in [0.2, 0.25) is 0 Å². The van der Waals surface area contributed by atoms with Crippen LogP contribution < -0.4 is 5.73 Å². The standard InChI is InChI=1S/C4H8FNO2S/c5-9(7,8)3-4(6)1-2-4/h1-3,6H2. The smallest absolute Gasteiger partial charge is 0.304 e. The van der Waals surface area contributed by atoms with Crippen molar-refractivity contribution in [2.24, 2.45) is 5.73 Å². The fraction of sp³-hybridized carbons (Fsp3) is 1.00. The van der Waals surface area contributed by atoms with Gasteiger partial charge >= 0.3 is 10.2 Å². The van der Waals surface area contributed by atoms with Crippen molar-refractivity contribution in [3.63, 3.8) is 0 Å². The Kier molecular flexibility index (Phi) is 1.29. The van der Waals surface area contributed by atoms with E-state index in [1.54, 1.807) is 0 Å². The maximum absolute atomic E-state index is 11.8. The van der Waals surface area contributed by atoms with Crippen LogP contribution in [0, 0.1) is 0 Å². The van der Waals surface area contributed by atoms with E-state index in [9.17, 15) is 12.3 Å². The van der Waals surface area contributed by atoms with Gasteiger partial charge in [-0.3, -0.25) is 0 Å². The minimum absolute atomic E-state index is 0.514. The van der Waals surface area contributed by atoms with E-state index in [1.807, 2.05) is 0 Å². The minimum atomic E-state index is -4.34. The molecular weight excluding hydrogens is 145 g/mol. The molecule has 0 saturated heterocycles.